The van der Waals surface area contributed by atoms with Gasteiger partial charge in [0.25, 0.3) is 0 Å². The number of carbonyl (C=O) groups is 4. The van der Waals surface area contributed by atoms with E-state index in [1.807, 2.05) is 61.5 Å². The predicted octanol–water partition coefficient (Wildman–Crippen LogP) is 3.76. The van der Waals surface area contributed by atoms with Gasteiger partial charge in [-0.15, -0.1) is 0 Å². The lowest BCUT2D eigenvalue weighted by Gasteiger charge is -2.43. The van der Waals surface area contributed by atoms with Gasteiger partial charge in [-0.1, -0.05) is 61.5 Å². The Labute approximate surface area is 230 Å². The number of ether oxygens (including phenoxy) is 1. The Kier molecular flexibility index (Phi) is 10.1. The first-order chi connectivity index (χ1) is 18.5. The Balaban J connectivity index is 1.97. The Morgan fingerprint density at radius 3 is 2.15 bits per heavy atom. The maximum absolute atomic E-state index is 14.1. The van der Waals surface area contributed by atoms with E-state index in [0.717, 1.165) is 24.0 Å². The first-order valence-electron chi connectivity index (χ1n) is 13.5. The maximum Gasteiger partial charge on any atom is 0.408 e. The highest BCUT2D eigenvalue weighted by Crippen LogP contribution is 2.34. The average Bonchev–Trinajstić information content (AvgIpc) is 2.84. The van der Waals surface area contributed by atoms with E-state index in [-0.39, 0.29) is 18.5 Å². The standard InChI is InChI=1S/C30H40N4O5/c1-5-20-14-16-22(17-15-20)26(27(36)32-19-21-10-7-6-8-11-21)34(23-12-9-13-23)28(37)24(18-25(31)35)33-29(38)39-30(2,3)4/h6-8,10-11,14-17,23-24,26H,5,9,12-13,18-19H2,1-4H3,(H2,31,35)(H,32,36)(H,33,38). The topological polar surface area (TPSA) is 131 Å². The smallest absolute Gasteiger partial charge is 0.408 e. The van der Waals surface area contributed by atoms with E-state index in [1.54, 1.807) is 20.8 Å². The molecule has 1 saturated carbocycles. The molecule has 2 aromatic carbocycles. The second-order valence-corrected chi connectivity index (χ2v) is 10.9. The zero-order valence-corrected chi connectivity index (χ0v) is 23.2. The van der Waals surface area contributed by atoms with E-state index in [0.29, 0.717) is 18.4 Å². The van der Waals surface area contributed by atoms with Gasteiger partial charge in [-0.05, 0) is 63.1 Å². The molecule has 210 valence electrons. The minimum atomic E-state index is -1.28. The number of aryl methyl sites for hydroxylation is 1. The lowest BCUT2D eigenvalue weighted by Crippen LogP contribution is -2.58. The van der Waals surface area contributed by atoms with Gasteiger partial charge in [-0.3, -0.25) is 14.4 Å². The molecule has 0 aliphatic heterocycles. The first-order valence-corrected chi connectivity index (χ1v) is 13.5. The van der Waals surface area contributed by atoms with Gasteiger partial charge in [-0.25, -0.2) is 4.79 Å². The molecule has 1 aliphatic rings. The molecular formula is C30H40N4O5. The summed E-state index contributed by atoms with van der Waals surface area (Å²) in [6.07, 6.45) is 1.88. The van der Waals surface area contributed by atoms with Crippen molar-refractivity contribution in [2.24, 2.45) is 5.73 Å². The van der Waals surface area contributed by atoms with Crippen LogP contribution in [-0.4, -0.2) is 46.4 Å². The zero-order chi connectivity index (χ0) is 28.6. The van der Waals surface area contributed by atoms with Gasteiger partial charge in [-0.2, -0.15) is 0 Å². The van der Waals surface area contributed by atoms with Crippen LogP contribution in [0.2, 0.25) is 0 Å². The number of nitrogens with zero attached hydrogens (tertiary/aromatic N) is 1. The van der Waals surface area contributed by atoms with Crippen molar-refractivity contribution in [3.63, 3.8) is 0 Å². The van der Waals surface area contributed by atoms with Gasteiger partial charge in [0, 0.05) is 12.6 Å². The van der Waals surface area contributed by atoms with Crippen LogP contribution in [-0.2, 0) is 32.1 Å². The molecule has 1 fully saturated rings. The highest BCUT2D eigenvalue weighted by atomic mass is 16.6. The average molecular weight is 537 g/mol. The Hall–Kier alpha value is -3.88. The van der Waals surface area contributed by atoms with E-state index >= 15 is 0 Å². The van der Waals surface area contributed by atoms with Crippen molar-refractivity contribution in [1.82, 2.24) is 15.5 Å². The van der Waals surface area contributed by atoms with Crippen LogP contribution in [0.4, 0.5) is 4.79 Å². The van der Waals surface area contributed by atoms with Gasteiger partial charge in [0.05, 0.1) is 6.42 Å². The molecule has 4 amide bonds. The van der Waals surface area contributed by atoms with Crippen LogP contribution >= 0.6 is 0 Å². The van der Waals surface area contributed by atoms with E-state index in [4.69, 9.17) is 10.5 Å². The fourth-order valence-corrected chi connectivity index (χ4v) is 4.47. The number of nitrogens with one attached hydrogen (secondary N) is 2. The summed E-state index contributed by atoms with van der Waals surface area (Å²) in [5.74, 6) is -1.66. The number of nitrogens with two attached hydrogens (primary N) is 1. The van der Waals surface area contributed by atoms with Gasteiger partial charge in [0.15, 0.2) is 0 Å². The molecule has 9 nitrogen and oxygen atoms in total. The highest BCUT2D eigenvalue weighted by Gasteiger charge is 2.42. The summed E-state index contributed by atoms with van der Waals surface area (Å²) < 4.78 is 5.33. The van der Waals surface area contributed by atoms with E-state index in [9.17, 15) is 19.2 Å². The van der Waals surface area contributed by atoms with E-state index in [1.165, 1.54) is 4.90 Å². The predicted molar refractivity (Wildman–Crippen MR) is 148 cm³/mol. The van der Waals surface area contributed by atoms with Crippen LogP contribution in [0.5, 0.6) is 0 Å². The fraction of sp³-hybridized carbons (Fsp3) is 0.467. The number of hydrogen-bond acceptors (Lipinski definition) is 5. The molecule has 2 atom stereocenters. The number of alkyl carbamates (subject to hydrolysis) is 1. The quantitative estimate of drug-likeness (QED) is 0.403. The molecule has 4 N–H and O–H groups in total. The largest absolute Gasteiger partial charge is 0.444 e. The van der Waals surface area contributed by atoms with Crippen LogP contribution in [0.1, 0.15) is 76.1 Å². The number of benzene rings is 2. The van der Waals surface area contributed by atoms with Crippen molar-refractivity contribution in [3.05, 3.63) is 71.3 Å². The van der Waals surface area contributed by atoms with Crippen molar-refractivity contribution in [3.8, 4) is 0 Å². The second kappa shape index (κ2) is 13.3. The highest BCUT2D eigenvalue weighted by molar-refractivity contribution is 5.94. The normalized spacial score (nSPS) is 14.9. The third kappa shape index (κ3) is 8.56. The van der Waals surface area contributed by atoms with Gasteiger partial charge in [0.2, 0.25) is 17.7 Å². The summed E-state index contributed by atoms with van der Waals surface area (Å²) in [7, 11) is 0. The molecule has 2 unspecified atom stereocenters. The molecule has 0 aromatic heterocycles. The summed E-state index contributed by atoms with van der Waals surface area (Å²) in [6.45, 7) is 7.43. The van der Waals surface area contributed by atoms with Crippen LogP contribution < -0.4 is 16.4 Å². The first kappa shape index (κ1) is 29.7. The molecule has 0 bridgehead atoms. The van der Waals surface area contributed by atoms with E-state index in [2.05, 4.69) is 10.6 Å². The van der Waals surface area contributed by atoms with Crippen LogP contribution in [0, 0.1) is 0 Å². The van der Waals surface area contributed by atoms with Crippen molar-refractivity contribution in [2.75, 3.05) is 0 Å². The zero-order valence-electron chi connectivity index (χ0n) is 23.2. The van der Waals surface area contributed by atoms with Crippen LogP contribution in [0.25, 0.3) is 0 Å². The summed E-state index contributed by atoms with van der Waals surface area (Å²) in [5, 5.41) is 5.50. The molecule has 3 rings (SSSR count). The molecule has 0 spiro atoms. The second-order valence-electron chi connectivity index (χ2n) is 10.9. The van der Waals surface area contributed by atoms with Crippen molar-refractivity contribution in [1.29, 1.82) is 0 Å². The number of carbonyl (C=O) groups excluding carboxylic acids is 4. The summed E-state index contributed by atoms with van der Waals surface area (Å²) >= 11 is 0. The van der Waals surface area contributed by atoms with Gasteiger partial charge in [0.1, 0.15) is 17.7 Å². The Morgan fingerprint density at radius 1 is 1.00 bits per heavy atom. The molecule has 1 aliphatic carbocycles. The van der Waals surface area contributed by atoms with Gasteiger partial charge >= 0.3 is 6.09 Å². The summed E-state index contributed by atoms with van der Waals surface area (Å²) in [6, 6.07) is 14.6. The Bertz CT molecular complexity index is 1140. The minimum Gasteiger partial charge on any atom is -0.444 e. The molecule has 9 heteroatoms. The molecule has 0 saturated heterocycles. The van der Waals surface area contributed by atoms with Crippen LogP contribution in [0.3, 0.4) is 0 Å². The number of primary amides is 1. The molecule has 0 radical (unpaired) electrons. The lowest BCUT2D eigenvalue weighted by atomic mass is 9.87. The molecule has 39 heavy (non-hydrogen) atoms. The third-order valence-electron chi connectivity index (χ3n) is 6.66. The van der Waals surface area contributed by atoms with Crippen molar-refractivity contribution >= 4 is 23.8 Å². The Morgan fingerprint density at radius 2 is 1.64 bits per heavy atom. The number of rotatable bonds is 11. The maximum atomic E-state index is 14.1. The van der Waals surface area contributed by atoms with Crippen molar-refractivity contribution in [2.45, 2.75) is 90.1 Å². The molecule has 0 heterocycles. The minimum absolute atomic E-state index is 0.230. The number of hydrogen-bond donors (Lipinski definition) is 3. The van der Waals surface area contributed by atoms with Crippen LogP contribution in [0.15, 0.2) is 54.6 Å². The summed E-state index contributed by atoms with van der Waals surface area (Å²) in [5.41, 5.74) is 7.33. The van der Waals surface area contributed by atoms with E-state index < -0.39 is 42.0 Å². The SMILES string of the molecule is CCc1ccc(C(C(=O)NCc2ccccc2)N(C(=O)C(CC(N)=O)NC(=O)OC(C)(C)C)C2CCC2)cc1. The molecule has 2 aromatic rings. The fourth-order valence-electron chi connectivity index (χ4n) is 4.47. The van der Waals surface area contributed by atoms with Gasteiger partial charge < -0.3 is 26.0 Å². The van der Waals surface area contributed by atoms with Crippen molar-refractivity contribution < 1.29 is 23.9 Å². The summed E-state index contributed by atoms with van der Waals surface area (Å²) in [4.78, 5) is 54.0. The lowest BCUT2D eigenvalue weighted by molar-refractivity contribution is -0.148. The monoisotopic (exact) mass is 536 g/mol. The molecular weight excluding hydrogens is 496 g/mol. The third-order valence-corrected chi connectivity index (χ3v) is 6.66. The number of amides is 4.